The third-order valence-corrected chi connectivity index (χ3v) is 3.60. The Labute approximate surface area is 141 Å². The van der Waals surface area contributed by atoms with Crippen LogP contribution in [0.1, 0.15) is 65.5 Å². The van der Waals surface area contributed by atoms with Crippen LogP contribution < -0.4 is 10.6 Å². The molecule has 2 unspecified atom stereocenters. The van der Waals surface area contributed by atoms with Crippen LogP contribution in [0, 0.1) is 0 Å². The highest BCUT2D eigenvalue weighted by atomic mass is 16.6. The van der Waals surface area contributed by atoms with Crippen LogP contribution in [0.3, 0.4) is 0 Å². The Morgan fingerprint density at radius 3 is 2.35 bits per heavy atom. The van der Waals surface area contributed by atoms with Crippen LogP contribution in [0.15, 0.2) is 30.3 Å². The number of hydrogen-bond donors (Lipinski definition) is 2. The Morgan fingerprint density at radius 1 is 1.17 bits per heavy atom. The molecule has 130 valence electrons. The van der Waals surface area contributed by atoms with Gasteiger partial charge in [-0.2, -0.15) is 0 Å². The summed E-state index contributed by atoms with van der Waals surface area (Å²) in [7, 11) is 0. The fourth-order valence-electron chi connectivity index (χ4n) is 2.42. The van der Waals surface area contributed by atoms with Gasteiger partial charge in [0.2, 0.25) is 0 Å². The summed E-state index contributed by atoms with van der Waals surface area (Å²) < 4.78 is 5.33. The smallest absolute Gasteiger partial charge is 0.407 e. The van der Waals surface area contributed by atoms with Gasteiger partial charge in [0.25, 0.3) is 0 Å². The van der Waals surface area contributed by atoms with E-state index in [-0.39, 0.29) is 12.1 Å². The number of ether oxygens (including phenoxy) is 1. The van der Waals surface area contributed by atoms with Crippen molar-refractivity contribution < 1.29 is 9.53 Å². The summed E-state index contributed by atoms with van der Waals surface area (Å²) in [6.45, 7) is 10.6. The normalized spacial score (nSPS) is 14.1. The van der Waals surface area contributed by atoms with E-state index in [0.717, 1.165) is 25.8 Å². The van der Waals surface area contributed by atoms with Gasteiger partial charge in [-0.15, -0.1) is 0 Å². The molecule has 0 spiro atoms. The molecule has 1 rings (SSSR count). The molecule has 0 radical (unpaired) electrons. The predicted octanol–water partition coefficient (Wildman–Crippen LogP) is 4.42. The first kappa shape index (κ1) is 19.5. The van der Waals surface area contributed by atoms with Crippen molar-refractivity contribution in [1.29, 1.82) is 0 Å². The number of benzene rings is 1. The summed E-state index contributed by atoms with van der Waals surface area (Å²) in [5.74, 6) is 0. The molecular formula is C19H32N2O2. The van der Waals surface area contributed by atoms with Crippen molar-refractivity contribution in [2.45, 2.75) is 71.6 Å². The molecule has 0 fully saturated rings. The van der Waals surface area contributed by atoms with Crippen LogP contribution in [0.4, 0.5) is 4.79 Å². The van der Waals surface area contributed by atoms with Crippen LogP contribution in [0.25, 0.3) is 0 Å². The average molecular weight is 320 g/mol. The lowest BCUT2D eigenvalue weighted by Gasteiger charge is -2.25. The number of hydrogen-bond acceptors (Lipinski definition) is 3. The van der Waals surface area contributed by atoms with E-state index < -0.39 is 5.60 Å². The minimum Gasteiger partial charge on any atom is -0.444 e. The highest BCUT2D eigenvalue weighted by molar-refractivity contribution is 5.68. The van der Waals surface area contributed by atoms with Gasteiger partial charge < -0.3 is 15.4 Å². The number of amides is 1. The van der Waals surface area contributed by atoms with Gasteiger partial charge in [0.05, 0.1) is 0 Å². The second-order valence-electron chi connectivity index (χ2n) is 6.91. The number of rotatable bonds is 8. The maximum absolute atomic E-state index is 11.9. The van der Waals surface area contributed by atoms with Crippen LogP contribution in [-0.4, -0.2) is 24.3 Å². The molecule has 0 saturated heterocycles. The monoisotopic (exact) mass is 320 g/mol. The summed E-state index contributed by atoms with van der Waals surface area (Å²) in [5.41, 5.74) is 0.825. The molecule has 2 N–H and O–H groups in total. The zero-order chi connectivity index (χ0) is 17.3. The molecule has 4 heteroatoms. The van der Waals surface area contributed by atoms with E-state index >= 15 is 0 Å². The Kier molecular flexibility index (Phi) is 8.10. The lowest BCUT2D eigenvalue weighted by molar-refractivity contribution is 0.0501. The Balaban J connectivity index is 2.55. The van der Waals surface area contributed by atoms with Gasteiger partial charge in [0.1, 0.15) is 5.60 Å². The Morgan fingerprint density at radius 2 is 1.83 bits per heavy atom. The summed E-state index contributed by atoms with van der Waals surface area (Å²) in [6, 6.07) is 10.8. The summed E-state index contributed by atoms with van der Waals surface area (Å²) in [4.78, 5) is 11.9. The molecule has 0 bridgehead atoms. The van der Waals surface area contributed by atoms with Gasteiger partial charge in [0, 0.05) is 18.6 Å². The van der Waals surface area contributed by atoms with Crippen LogP contribution in [0.2, 0.25) is 0 Å². The molecule has 0 aliphatic rings. The van der Waals surface area contributed by atoms with E-state index in [1.165, 1.54) is 5.56 Å². The van der Waals surface area contributed by atoms with E-state index in [1.807, 2.05) is 26.8 Å². The van der Waals surface area contributed by atoms with Gasteiger partial charge in [-0.05, 0) is 39.2 Å². The van der Waals surface area contributed by atoms with E-state index in [0.29, 0.717) is 6.04 Å². The fourth-order valence-corrected chi connectivity index (χ4v) is 2.42. The molecule has 23 heavy (non-hydrogen) atoms. The van der Waals surface area contributed by atoms with Gasteiger partial charge in [0.15, 0.2) is 0 Å². The first-order valence-electron chi connectivity index (χ1n) is 8.63. The van der Waals surface area contributed by atoms with E-state index in [9.17, 15) is 4.79 Å². The number of alkyl carbamates (subject to hydrolysis) is 1. The van der Waals surface area contributed by atoms with E-state index in [1.54, 1.807) is 0 Å². The van der Waals surface area contributed by atoms with Crippen molar-refractivity contribution in [2.24, 2.45) is 0 Å². The first-order chi connectivity index (χ1) is 10.9. The Hall–Kier alpha value is -1.55. The highest BCUT2D eigenvalue weighted by Gasteiger charge is 2.19. The molecule has 1 aromatic rings. The third kappa shape index (κ3) is 8.03. The fraction of sp³-hybridized carbons (Fsp3) is 0.632. The lowest BCUT2D eigenvalue weighted by atomic mass is 10.0. The molecule has 1 amide bonds. The summed E-state index contributed by atoms with van der Waals surface area (Å²) >= 11 is 0. The van der Waals surface area contributed by atoms with Crippen molar-refractivity contribution in [1.82, 2.24) is 10.6 Å². The van der Waals surface area contributed by atoms with Crippen molar-refractivity contribution in [2.75, 3.05) is 6.54 Å². The number of nitrogens with one attached hydrogen (secondary N) is 2. The first-order valence-corrected chi connectivity index (χ1v) is 8.63. The highest BCUT2D eigenvalue weighted by Crippen LogP contribution is 2.18. The average Bonchev–Trinajstić information content (AvgIpc) is 2.49. The van der Waals surface area contributed by atoms with Crippen molar-refractivity contribution in [3.05, 3.63) is 35.9 Å². The van der Waals surface area contributed by atoms with Crippen LogP contribution in [-0.2, 0) is 4.74 Å². The maximum Gasteiger partial charge on any atom is 0.407 e. The molecule has 2 atom stereocenters. The van der Waals surface area contributed by atoms with Gasteiger partial charge in [-0.1, -0.05) is 50.6 Å². The SMILES string of the molecule is CCCC(NCC(CC)NC(=O)OC(C)(C)C)c1ccccc1. The zero-order valence-corrected chi connectivity index (χ0v) is 15.2. The molecular weight excluding hydrogens is 288 g/mol. The van der Waals surface area contributed by atoms with Gasteiger partial charge in [-0.3, -0.25) is 0 Å². The quantitative estimate of drug-likeness (QED) is 0.745. The summed E-state index contributed by atoms with van der Waals surface area (Å²) in [5, 5.41) is 6.53. The second kappa shape index (κ2) is 9.56. The third-order valence-electron chi connectivity index (χ3n) is 3.60. The van der Waals surface area contributed by atoms with Crippen LogP contribution in [0.5, 0.6) is 0 Å². The van der Waals surface area contributed by atoms with Crippen molar-refractivity contribution >= 4 is 6.09 Å². The maximum atomic E-state index is 11.9. The Bertz CT molecular complexity index is 454. The molecule has 0 saturated carbocycles. The second-order valence-corrected chi connectivity index (χ2v) is 6.91. The molecule has 0 aliphatic carbocycles. The van der Waals surface area contributed by atoms with Crippen LogP contribution >= 0.6 is 0 Å². The topological polar surface area (TPSA) is 50.4 Å². The molecule has 0 aliphatic heterocycles. The molecule has 0 heterocycles. The van der Waals surface area contributed by atoms with Crippen molar-refractivity contribution in [3.63, 3.8) is 0 Å². The van der Waals surface area contributed by atoms with E-state index in [4.69, 9.17) is 4.74 Å². The summed E-state index contributed by atoms with van der Waals surface area (Å²) in [6.07, 6.45) is 2.70. The minimum absolute atomic E-state index is 0.0629. The molecule has 0 aromatic heterocycles. The lowest BCUT2D eigenvalue weighted by Crippen LogP contribution is -2.44. The molecule has 4 nitrogen and oxygen atoms in total. The van der Waals surface area contributed by atoms with Gasteiger partial charge >= 0.3 is 6.09 Å². The van der Waals surface area contributed by atoms with Crippen molar-refractivity contribution in [3.8, 4) is 0 Å². The largest absolute Gasteiger partial charge is 0.444 e. The minimum atomic E-state index is -0.468. The predicted molar refractivity (Wildman–Crippen MR) is 95.5 cm³/mol. The number of carbonyl (C=O) groups is 1. The standard InChI is InChI=1S/C19H32N2O2/c1-6-11-17(15-12-9-8-10-13-15)20-14-16(7-2)21-18(22)23-19(3,4)5/h8-10,12-13,16-17,20H,6-7,11,14H2,1-5H3,(H,21,22). The molecule has 1 aromatic carbocycles. The zero-order valence-electron chi connectivity index (χ0n) is 15.2. The van der Waals surface area contributed by atoms with Gasteiger partial charge in [-0.25, -0.2) is 4.79 Å². The van der Waals surface area contributed by atoms with E-state index in [2.05, 4.69) is 48.7 Å². The number of carbonyl (C=O) groups excluding carboxylic acids is 1.